The van der Waals surface area contributed by atoms with Gasteiger partial charge in [0.2, 0.25) is 0 Å². The van der Waals surface area contributed by atoms with Crippen LogP contribution < -0.4 is 10.2 Å². The number of anilines is 1. The number of piperazine rings is 1. The standard InChI is InChI=1S/C18H21N5/c1-2-14-6-9-23-17(12-14)15(13-20-23)16-4-3-5-18(21-16)22-10-7-19-8-11-22/h3-6,9,12-13,19H,2,7-8,10-11H2,1H3. The maximum absolute atomic E-state index is 4.89. The molecule has 5 nitrogen and oxygen atoms in total. The Kier molecular flexibility index (Phi) is 3.71. The number of nitrogens with one attached hydrogen (secondary N) is 1. The average Bonchev–Trinajstić information content (AvgIpc) is 3.05. The van der Waals surface area contributed by atoms with Crippen LogP contribution in [-0.2, 0) is 6.42 Å². The summed E-state index contributed by atoms with van der Waals surface area (Å²) >= 11 is 0. The van der Waals surface area contributed by atoms with Crippen LogP contribution in [0.5, 0.6) is 0 Å². The Morgan fingerprint density at radius 1 is 1.17 bits per heavy atom. The molecule has 1 aliphatic heterocycles. The van der Waals surface area contributed by atoms with Gasteiger partial charge in [-0.05, 0) is 36.2 Å². The number of rotatable bonds is 3. The lowest BCUT2D eigenvalue weighted by atomic mass is 10.1. The van der Waals surface area contributed by atoms with Crippen molar-refractivity contribution >= 4 is 11.3 Å². The smallest absolute Gasteiger partial charge is 0.129 e. The lowest BCUT2D eigenvalue weighted by Crippen LogP contribution is -2.43. The Hall–Kier alpha value is -2.40. The average molecular weight is 307 g/mol. The maximum Gasteiger partial charge on any atom is 0.129 e. The molecular weight excluding hydrogens is 286 g/mol. The molecule has 0 spiro atoms. The number of pyridine rings is 2. The molecule has 1 saturated heterocycles. The predicted octanol–water partition coefficient (Wildman–Crippen LogP) is 2.37. The van der Waals surface area contributed by atoms with E-state index in [4.69, 9.17) is 4.98 Å². The van der Waals surface area contributed by atoms with Gasteiger partial charge in [-0.1, -0.05) is 13.0 Å². The second kappa shape index (κ2) is 6.01. The van der Waals surface area contributed by atoms with Crippen LogP contribution in [0.2, 0.25) is 0 Å². The van der Waals surface area contributed by atoms with Crippen LogP contribution >= 0.6 is 0 Å². The van der Waals surface area contributed by atoms with Crippen LogP contribution in [0.15, 0.2) is 42.7 Å². The molecule has 0 aliphatic carbocycles. The fourth-order valence-electron chi connectivity index (χ4n) is 3.09. The summed E-state index contributed by atoms with van der Waals surface area (Å²) in [6, 6.07) is 10.6. The third kappa shape index (κ3) is 2.68. The van der Waals surface area contributed by atoms with Gasteiger partial charge >= 0.3 is 0 Å². The van der Waals surface area contributed by atoms with E-state index < -0.39 is 0 Å². The van der Waals surface area contributed by atoms with E-state index in [1.54, 1.807) is 0 Å². The molecule has 0 radical (unpaired) electrons. The molecule has 3 aromatic heterocycles. The van der Waals surface area contributed by atoms with Gasteiger partial charge in [0.15, 0.2) is 0 Å². The number of fused-ring (bicyclic) bond motifs is 1. The monoisotopic (exact) mass is 307 g/mol. The number of aromatic nitrogens is 3. The van der Waals surface area contributed by atoms with Gasteiger partial charge in [0, 0.05) is 37.9 Å². The van der Waals surface area contributed by atoms with E-state index >= 15 is 0 Å². The van der Waals surface area contributed by atoms with Gasteiger partial charge in [0.05, 0.1) is 17.4 Å². The van der Waals surface area contributed by atoms with Crippen molar-refractivity contribution in [3.05, 3.63) is 48.3 Å². The van der Waals surface area contributed by atoms with Crippen molar-refractivity contribution < 1.29 is 0 Å². The Morgan fingerprint density at radius 2 is 2.04 bits per heavy atom. The molecule has 3 aromatic rings. The van der Waals surface area contributed by atoms with Crippen molar-refractivity contribution in [1.82, 2.24) is 19.9 Å². The van der Waals surface area contributed by atoms with Gasteiger partial charge < -0.3 is 10.2 Å². The molecule has 118 valence electrons. The van der Waals surface area contributed by atoms with Crippen LogP contribution in [0.3, 0.4) is 0 Å². The minimum atomic E-state index is 0.990. The summed E-state index contributed by atoms with van der Waals surface area (Å²) in [6.07, 6.45) is 4.96. The largest absolute Gasteiger partial charge is 0.354 e. The minimum absolute atomic E-state index is 0.990. The molecule has 0 amide bonds. The Morgan fingerprint density at radius 3 is 2.87 bits per heavy atom. The Bertz CT molecular complexity index is 817. The van der Waals surface area contributed by atoms with Gasteiger partial charge in [-0.15, -0.1) is 0 Å². The molecule has 5 heteroatoms. The molecular formula is C18H21N5. The van der Waals surface area contributed by atoms with E-state index in [-0.39, 0.29) is 0 Å². The van der Waals surface area contributed by atoms with Crippen molar-refractivity contribution in [3.63, 3.8) is 0 Å². The number of hydrogen-bond donors (Lipinski definition) is 1. The topological polar surface area (TPSA) is 45.5 Å². The number of hydrogen-bond acceptors (Lipinski definition) is 4. The fraction of sp³-hybridized carbons (Fsp3) is 0.333. The van der Waals surface area contributed by atoms with E-state index in [2.05, 4.69) is 52.6 Å². The third-order valence-corrected chi connectivity index (χ3v) is 4.45. The van der Waals surface area contributed by atoms with Crippen LogP contribution in [0.4, 0.5) is 5.82 Å². The quantitative estimate of drug-likeness (QED) is 0.807. The maximum atomic E-state index is 4.89. The first kappa shape index (κ1) is 14.2. The molecule has 4 heterocycles. The Balaban J connectivity index is 1.75. The zero-order valence-electron chi connectivity index (χ0n) is 13.4. The summed E-state index contributed by atoms with van der Waals surface area (Å²) in [6.45, 7) is 6.21. The summed E-state index contributed by atoms with van der Waals surface area (Å²) < 4.78 is 1.92. The van der Waals surface area contributed by atoms with Crippen LogP contribution in [0, 0.1) is 0 Å². The first-order valence-corrected chi connectivity index (χ1v) is 8.24. The predicted molar refractivity (Wildman–Crippen MR) is 92.9 cm³/mol. The summed E-state index contributed by atoms with van der Waals surface area (Å²) in [4.78, 5) is 7.23. The van der Waals surface area contributed by atoms with Gasteiger partial charge in [0.25, 0.3) is 0 Å². The minimum Gasteiger partial charge on any atom is -0.354 e. The fourth-order valence-corrected chi connectivity index (χ4v) is 3.09. The summed E-state index contributed by atoms with van der Waals surface area (Å²) in [5.41, 5.74) is 4.52. The van der Waals surface area contributed by atoms with E-state index in [1.165, 1.54) is 5.56 Å². The molecule has 0 bridgehead atoms. The zero-order chi connectivity index (χ0) is 15.6. The second-order valence-electron chi connectivity index (χ2n) is 5.89. The zero-order valence-corrected chi connectivity index (χ0v) is 13.4. The molecule has 1 fully saturated rings. The summed E-state index contributed by atoms with van der Waals surface area (Å²) in [7, 11) is 0. The lowest BCUT2D eigenvalue weighted by molar-refractivity contribution is 0.585. The van der Waals surface area contributed by atoms with Gasteiger partial charge in [-0.25, -0.2) is 9.50 Å². The summed E-state index contributed by atoms with van der Waals surface area (Å²) in [5.74, 6) is 1.05. The normalized spacial score (nSPS) is 15.3. The first-order chi connectivity index (χ1) is 11.3. The Labute approximate surface area is 136 Å². The van der Waals surface area contributed by atoms with E-state index in [0.29, 0.717) is 0 Å². The number of nitrogens with zero attached hydrogens (tertiary/aromatic N) is 4. The van der Waals surface area contributed by atoms with Gasteiger partial charge in [-0.3, -0.25) is 0 Å². The van der Waals surface area contributed by atoms with Gasteiger partial charge in [0.1, 0.15) is 5.82 Å². The molecule has 23 heavy (non-hydrogen) atoms. The molecule has 0 aromatic carbocycles. The third-order valence-electron chi connectivity index (χ3n) is 4.45. The first-order valence-electron chi connectivity index (χ1n) is 8.24. The highest BCUT2D eigenvalue weighted by Crippen LogP contribution is 2.25. The number of aryl methyl sites for hydroxylation is 1. The lowest BCUT2D eigenvalue weighted by Gasteiger charge is -2.28. The highest BCUT2D eigenvalue weighted by molar-refractivity contribution is 5.78. The van der Waals surface area contributed by atoms with E-state index in [9.17, 15) is 0 Å². The molecule has 0 unspecified atom stereocenters. The van der Waals surface area contributed by atoms with Crippen LogP contribution in [0.25, 0.3) is 16.8 Å². The highest BCUT2D eigenvalue weighted by atomic mass is 15.2. The van der Waals surface area contributed by atoms with Gasteiger partial charge in [-0.2, -0.15) is 5.10 Å². The van der Waals surface area contributed by atoms with E-state index in [0.717, 1.165) is 55.2 Å². The van der Waals surface area contributed by atoms with Crippen molar-refractivity contribution in [3.8, 4) is 11.3 Å². The highest BCUT2D eigenvalue weighted by Gasteiger charge is 2.14. The van der Waals surface area contributed by atoms with Crippen LogP contribution in [-0.4, -0.2) is 40.8 Å². The molecule has 1 N–H and O–H groups in total. The molecule has 0 saturated carbocycles. The van der Waals surface area contributed by atoms with Crippen molar-refractivity contribution in [1.29, 1.82) is 0 Å². The molecule has 1 aliphatic rings. The van der Waals surface area contributed by atoms with Crippen molar-refractivity contribution in [2.45, 2.75) is 13.3 Å². The second-order valence-corrected chi connectivity index (χ2v) is 5.89. The van der Waals surface area contributed by atoms with Crippen molar-refractivity contribution in [2.75, 3.05) is 31.1 Å². The van der Waals surface area contributed by atoms with E-state index in [1.807, 2.05) is 16.9 Å². The summed E-state index contributed by atoms with van der Waals surface area (Å²) in [5, 5.41) is 7.85. The molecule has 0 atom stereocenters. The van der Waals surface area contributed by atoms with Crippen LogP contribution in [0.1, 0.15) is 12.5 Å². The molecule has 4 rings (SSSR count). The van der Waals surface area contributed by atoms with Crippen molar-refractivity contribution in [2.24, 2.45) is 0 Å². The SMILES string of the molecule is CCc1ccn2ncc(-c3cccc(N4CCNCC4)n3)c2c1.